The molecular formula is C25H22BNO3. The van der Waals surface area contributed by atoms with Crippen molar-refractivity contribution in [2.75, 3.05) is 0 Å². The third kappa shape index (κ3) is 2.11. The summed E-state index contributed by atoms with van der Waals surface area (Å²) < 4.78 is 14.5. The van der Waals surface area contributed by atoms with Crippen molar-refractivity contribution in [1.29, 1.82) is 0 Å². The van der Waals surface area contributed by atoms with Crippen molar-refractivity contribution >= 4 is 50.5 Å². The molecule has 0 aliphatic carbocycles. The Hall–Kier alpha value is -2.89. The molecule has 3 heterocycles. The van der Waals surface area contributed by atoms with E-state index in [0.717, 1.165) is 38.0 Å². The zero-order chi connectivity index (χ0) is 20.8. The lowest BCUT2D eigenvalue weighted by molar-refractivity contribution is 0.00578. The maximum Gasteiger partial charge on any atom is 0.495 e. The first-order valence-electron chi connectivity index (χ1n) is 10.4. The van der Waals surface area contributed by atoms with Crippen LogP contribution in [0.1, 0.15) is 27.7 Å². The molecule has 0 radical (unpaired) electrons. The molecule has 4 nitrogen and oxygen atoms in total. The van der Waals surface area contributed by atoms with Gasteiger partial charge in [0.1, 0.15) is 0 Å². The fraction of sp³-hybridized carbons (Fsp3) is 0.240. The molecule has 0 atom stereocenters. The summed E-state index contributed by atoms with van der Waals surface area (Å²) in [5.74, 6) is 0. The van der Waals surface area contributed by atoms with Gasteiger partial charge >= 0.3 is 7.12 Å². The molecule has 3 aromatic carbocycles. The van der Waals surface area contributed by atoms with E-state index in [-0.39, 0.29) is 5.56 Å². The lowest BCUT2D eigenvalue weighted by Gasteiger charge is -2.32. The van der Waals surface area contributed by atoms with Crippen LogP contribution in [0.25, 0.3) is 38.0 Å². The van der Waals surface area contributed by atoms with Crippen molar-refractivity contribution in [3.05, 3.63) is 71.0 Å². The van der Waals surface area contributed by atoms with Gasteiger partial charge in [-0.3, -0.25) is 9.20 Å². The molecule has 30 heavy (non-hydrogen) atoms. The number of nitrogens with zero attached hydrogens (tertiary/aromatic N) is 1. The number of pyridine rings is 1. The first-order chi connectivity index (χ1) is 14.3. The second kappa shape index (κ2) is 5.62. The van der Waals surface area contributed by atoms with E-state index < -0.39 is 18.3 Å². The highest BCUT2D eigenvalue weighted by molar-refractivity contribution is 6.65. The fourth-order valence-electron chi connectivity index (χ4n) is 4.76. The molecule has 2 aromatic heterocycles. The van der Waals surface area contributed by atoms with Gasteiger partial charge in [-0.15, -0.1) is 0 Å². The molecule has 1 fully saturated rings. The second-order valence-electron chi connectivity index (χ2n) is 9.22. The predicted octanol–water partition coefficient (Wildman–Crippen LogP) is 4.50. The number of para-hydroxylation sites is 2. The first kappa shape index (κ1) is 17.9. The SMILES string of the molecule is CC1(C)OB(c2cccc3c2c(=O)n2c4ccccc4c4cccc3c42)OC1(C)C. The summed E-state index contributed by atoms with van der Waals surface area (Å²) >= 11 is 0. The highest BCUT2D eigenvalue weighted by Crippen LogP contribution is 2.38. The summed E-state index contributed by atoms with van der Waals surface area (Å²) in [4.78, 5) is 13.9. The van der Waals surface area contributed by atoms with Crippen LogP contribution >= 0.6 is 0 Å². The molecule has 0 saturated carbocycles. The highest BCUT2D eigenvalue weighted by Gasteiger charge is 2.52. The summed E-state index contributed by atoms with van der Waals surface area (Å²) in [5, 5.41) is 4.86. The van der Waals surface area contributed by atoms with Crippen LogP contribution in [0.4, 0.5) is 0 Å². The summed E-state index contributed by atoms with van der Waals surface area (Å²) in [5.41, 5.74) is 1.73. The Kier molecular flexibility index (Phi) is 3.36. The largest absolute Gasteiger partial charge is 0.495 e. The second-order valence-corrected chi connectivity index (χ2v) is 9.22. The maximum absolute atomic E-state index is 13.9. The van der Waals surface area contributed by atoms with Gasteiger partial charge in [-0.2, -0.15) is 0 Å². The number of rotatable bonds is 1. The molecule has 0 N–H and O–H groups in total. The van der Waals surface area contributed by atoms with Gasteiger partial charge in [0.2, 0.25) is 0 Å². The molecule has 0 unspecified atom stereocenters. The topological polar surface area (TPSA) is 39.9 Å². The minimum atomic E-state index is -0.587. The van der Waals surface area contributed by atoms with Crippen LogP contribution < -0.4 is 11.0 Å². The molecule has 148 valence electrons. The van der Waals surface area contributed by atoms with Gasteiger partial charge in [0.25, 0.3) is 5.56 Å². The van der Waals surface area contributed by atoms with Crippen molar-refractivity contribution in [3.63, 3.8) is 0 Å². The van der Waals surface area contributed by atoms with Crippen LogP contribution in [0.2, 0.25) is 0 Å². The number of hydrogen-bond donors (Lipinski definition) is 0. The van der Waals surface area contributed by atoms with Crippen LogP contribution in [-0.4, -0.2) is 22.7 Å². The molecule has 5 aromatic rings. The van der Waals surface area contributed by atoms with Crippen molar-refractivity contribution in [2.45, 2.75) is 38.9 Å². The molecule has 6 rings (SSSR count). The van der Waals surface area contributed by atoms with E-state index in [1.54, 1.807) is 0 Å². The fourth-order valence-corrected chi connectivity index (χ4v) is 4.76. The van der Waals surface area contributed by atoms with E-state index in [1.165, 1.54) is 0 Å². The maximum atomic E-state index is 13.9. The molecule has 5 heteroatoms. The van der Waals surface area contributed by atoms with Crippen LogP contribution in [0.5, 0.6) is 0 Å². The van der Waals surface area contributed by atoms with Crippen LogP contribution in [-0.2, 0) is 9.31 Å². The minimum Gasteiger partial charge on any atom is -0.399 e. The van der Waals surface area contributed by atoms with Crippen molar-refractivity contribution < 1.29 is 9.31 Å². The molecule has 1 aliphatic rings. The molecule has 1 saturated heterocycles. The highest BCUT2D eigenvalue weighted by atomic mass is 16.7. The van der Waals surface area contributed by atoms with Gasteiger partial charge in [0.15, 0.2) is 0 Å². The lowest BCUT2D eigenvalue weighted by atomic mass is 9.76. The Morgan fingerprint density at radius 1 is 0.733 bits per heavy atom. The number of benzene rings is 3. The monoisotopic (exact) mass is 395 g/mol. The third-order valence-corrected chi connectivity index (χ3v) is 7.01. The van der Waals surface area contributed by atoms with Crippen molar-refractivity contribution in [1.82, 2.24) is 4.40 Å². The molecular weight excluding hydrogens is 373 g/mol. The molecule has 0 spiro atoms. The van der Waals surface area contributed by atoms with E-state index in [1.807, 2.05) is 68.5 Å². The summed E-state index contributed by atoms with van der Waals surface area (Å²) in [6, 6.07) is 20.3. The zero-order valence-corrected chi connectivity index (χ0v) is 17.5. The number of aromatic nitrogens is 1. The standard InChI is InChI=1S/C25H22BNO3/c1-24(2)25(3,4)30-26(29-24)19-13-8-10-16-18-12-7-11-17-15-9-5-6-14-20(15)27(22(17)18)23(28)21(16)19/h5-14H,1-4H3. The molecule has 0 bridgehead atoms. The summed E-state index contributed by atoms with van der Waals surface area (Å²) in [6.07, 6.45) is 0. The summed E-state index contributed by atoms with van der Waals surface area (Å²) in [7, 11) is -0.587. The Morgan fingerprint density at radius 3 is 2.03 bits per heavy atom. The Morgan fingerprint density at radius 2 is 1.30 bits per heavy atom. The Labute approximate surface area is 174 Å². The van der Waals surface area contributed by atoms with E-state index in [0.29, 0.717) is 5.39 Å². The van der Waals surface area contributed by atoms with Gasteiger partial charge < -0.3 is 9.31 Å². The average molecular weight is 395 g/mol. The van der Waals surface area contributed by atoms with Crippen molar-refractivity contribution in [2.24, 2.45) is 0 Å². The van der Waals surface area contributed by atoms with Gasteiger partial charge in [0, 0.05) is 21.5 Å². The van der Waals surface area contributed by atoms with Gasteiger partial charge in [-0.25, -0.2) is 0 Å². The van der Waals surface area contributed by atoms with Crippen LogP contribution in [0.3, 0.4) is 0 Å². The first-order valence-corrected chi connectivity index (χ1v) is 10.4. The van der Waals surface area contributed by atoms with E-state index in [9.17, 15) is 4.79 Å². The molecule has 1 aliphatic heterocycles. The third-order valence-electron chi connectivity index (χ3n) is 7.01. The normalized spacial score (nSPS) is 18.3. The van der Waals surface area contributed by atoms with E-state index in [2.05, 4.69) is 24.3 Å². The smallest absolute Gasteiger partial charge is 0.399 e. The van der Waals surface area contributed by atoms with Crippen LogP contribution in [0.15, 0.2) is 65.5 Å². The zero-order valence-electron chi connectivity index (χ0n) is 17.5. The predicted molar refractivity (Wildman–Crippen MR) is 123 cm³/mol. The van der Waals surface area contributed by atoms with Gasteiger partial charge in [-0.1, -0.05) is 54.6 Å². The lowest BCUT2D eigenvalue weighted by Crippen LogP contribution is -2.41. The minimum absolute atomic E-state index is 0.0276. The summed E-state index contributed by atoms with van der Waals surface area (Å²) in [6.45, 7) is 8.12. The Balaban J connectivity index is 1.78. The van der Waals surface area contributed by atoms with E-state index in [4.69, 9.17) is 9.31 Å². The average Bonchev–Trinajstić information content (AvgIpc) is 3.17. The number of hydrogen-bond acceptors (Lipinski definition) is 3. The van der Waals surface area contributed by atoms with Gasteiger partial charge in [0.05, 0.1) is 22.2 Å². The quantitative estimate of drug-likeness (QED) is 0.310. The van der Waals surface area contributed by atoms with Crippen LogP contribution in [0, 0.1) is 0 Å². The van der Waals surface area contributed by atoms with Gasteiger partial charge in [-0.05, 0) is 44.6 Å². The molecule has 0 amide bonds. The van der Waals surface area contributed by atoms with E-state index >= 15 is 0 Å². The Bertz CT molecular complexity index is 1520. The van der Waals surface area contributed by atoms with Crippen molar-refractivity contribution in [3.8, 4) is 0 Å². The number of fused-ring (bicyclic) bond motifs is 5.